The van der Waals surface area contributed by atoms with E-state index in [9.17, 15) is 4.79 Å². The molecule has 0 spiro atoms. The number of nitrogens with two attached hydrogens (primary N) is 1. The highest BCUT2D eigenvalue weighted by atomic mass is 35.5. The van der Waals surface area contributed by atoms with Gasteiger partial charge in [-0.1, -0.05) is 13.0 Å². The number of hydrogen-bond acceptors (Lipinski definition) is 5. The number of carbonyl (C=O) groups excluding carboxylic acids is 1. The van der Waals surface area contributed by atoms with Crippen LogP contribution in [0, 0.1) is 5.41 Å². The zero-order chi connectivity index (χ0) is 18.4. The van der Waals surface area contributed by atoms with E-state index in [2.05, 4.69) is 11.8 Å². The maximum absolute atomic E-state index is 12.7. The second kappa shape index (κ2) is 10.00. The topological polar surface area (TPSA) is 68.0 Å². The van der Waals surface area contributed by atoms with E-state index in [1.54, 1.807) is 14.2 Å². The van der Waals surface area contributed by atoms with Crippen molar-refractivity contribution in [3.63, 3.8) is 0 Å². The number of ether oxygens (including phenoxy) is 2. The minimum absolute atomic E-state index is 0. The van der Waals surface area contributed by atoms with Crippen molar-refractivity contribution in [3.05, 3.63) is 23.8 Å². The van der Waals surface area contributed by atoms with Crippen LogP contribution < -0.4 is 15.2 Å². The maximum Gasteiger partial charge on any atom is 0.237 e. The fourth-order valence-corrected chi connectivity index (χ4v) is 3.29. The Labute approximate surface area is 163 Å². The van der Waals surface area contributed by atoms with Gasteiger partial charge in [-0.05, 0) is 49.5 Å². The summed E-state index contributed by atoms with van der Waals surface area (Å²) in [6.45, 7) is 8.40. The fourth-order valence-electron chi connectivity index (χ4n) is 3.29. The summed E-state index contributed by atoms with van der Waals surface area (Å²) in [6.07, 6.45) is 1.05. The molecular formula is C19H32ClN3O3. The number of rotatable bonds is 8. The number of hydrogen-bond donors (Lipinski definition) is 1. The zero-order valence-electron chi connectivity index (χ0n) is 16.3. The summed E-state index contributed by atoms with van der Waals surface area (Å²) in [5.74, 6) is 1.53. The second-order valence-electron chi connectivity index (χ2n) is 7.07. The molecule has 148 valence electrons. The van der Waals surface area contributed by atoms with Crippen molar-refractivity contribution in [1.29, 1.82) is 0 Å². The molecule has 0 bridgehead atoms. The van der Waals surface area contributed by atoms with Crippen LogP contribution in [0.15, 0.2) is 18.2 Å². The Balaban J connectivity index is 0.00000338. The molecule has 2 N–H and O–H groups in total. The summed E-state index contributed by atoms with van der Waals surface area (Å²) >= 11 is 0. The Hall–Kier alpha value is -1.50. The van der Waals surface area contributed by atoms with E-state index >= 15 is 0 Å². The minimum atomic E-state index is 0. The molecule has 1 fully saturated rings. The lowest BCUT2D eigenvalue weighted by Crippen LogP contribution is -2.40. The molecule has 1 aromatic carbocycles. The average molecular weight is 386 g/mol. The third kappa shape index (κ3) is 5.50. The fraction of sp³-hybridized carbons (Fsp3) is 0.632. The molecule has 0 radical (unpaired) electrons. The molecule has 2 rings (SSSR count). The van der Waals surface area contributed by atoms with Gasteiger partial charge < -0.3 is 20.1 Å². The van der Waals surface area contributed by atoms with Gasteiger partial charge in [-0.25, -0.2) is 0 Å². The first-order valence-corrected chi connectivity index (χ1v) is 8.85. The van der Waals surface area contributed by atoms with E-state index in [4.69, 9.17) is 15.2 Å². The van der Waals surface area contributed by atoms with Crippen LogP contribution in [0.2, 0.25) is 0 Å². The molecule has 1 unspecified atom stereocenters. The third-order valence-corrected chi connectivity index (χ3v) is 5.04. The number of amides is 1. The molecule has 1 aromatic rings. The molecule has 0 aromatic heterocycles. The lowest BCUT2D eigenvalue weighted by Gasteiger charge is -2.26. The Morgan fingerprint density at radius 3 is 2.54 bits per heavy atom. The third-order valence-electron chi connectivity index (χ3n) is 5.04. The highest BCUT2D eigenvalue weighted by Gasteiger charge is 2.33. The van der Waals surface area contributed by atoms with Crippen molar-refractivity contribution < 1.29 is 14.3 Å². The van der Waals surface area contributed by atoms with Crippen LogP contribution in [0.4, 0.5) is 0 Å². The lowest BCUT2D eigenvalue weighted by molar-refractivity contribution is -0.132. The highest BCUT2D eigenvalue weighted by Crippen LogP contribution is 2.29. The van der Waals surface area contributed by atoms with Gasteiger partial charge in [0.2, 0.25) is 5.91 Å². The Kier molecular flexibility index (Phi) is 8.67. The summed E-state index contributed by atoms with van der Waals surface area (Å²) < 4.78 is 10.6. The number of likely N-dealkylation sites (N-methyl/N-ethyl adjacent to an activating group) is 1. The standard InChI is InChI=1S/C19H31N3O3.ClH/c1-5-22(11-15-6-7-16(24-3)17(10-15)25-4)18(23)12-21-9-8-19(2,13-20)14-21;/h6-7,10H,5,8-9,11-14,20H2,1-4H3;1H. The molecule has 1 amide bonds. The van der Waals surface area contributed by atoms with Crippen molar-refractivity contribution in [2.45, 2.75) is 26.8 Å². The molecule has 1 saturated heterocycles. The zero-order valence-corrected chi connectivity index (χ0v) is 17.1. The maximum atomic E-state index is 12.7. The monoisotopic (exact) mass is 385 g/mol. The van der Waals surface area contributed by atoms with Gasteiger partial charge in [-0.2, -0.15) is 0 Å². The van der Waals surface area contributed by atoms with E-state index in [1.807, 2.05) is 30.0 Å². The Morgan fingerprint density at radius 1 is 1.31 bits per heavy atom. The molecule has 0 aliphatic carbocycles. The van der Waals surface area contributed by atoms with Crippen molar-refractivity contribution in [2.75, 3.05) is 46.9 Å². The summed E-state index contributed by atoms with van der Waals surface area (Å²) in [5, 5.41) is 0. The number of methoxy groups -OCH3 is 2. The van der Waals surface area contributed by atoms with Crippen LogP contribution in [-0.4, -0.2) is 62.7 Å². The quantitative estimate of drug-likeness (QED) is 0.742. The van der Waals surface area contributed by atoms with E-state index < -0.39 is 0 Å². The number of likely N-dealkylation sites (tertiary alicyclic amines) is 1. The van der Waals surface area contributed by atoms with Crippen molar-refractivity contribution in [2.24, 2.45) is 11.1 Å². The smallest absolute Gasteiger partial charge is 0.237 e. The largest absolute Gasteiger partial charge is 0.493 e. The Morgan fingerprint density at radius 2 is 2.00 bits per heavy atom. The van der Waals surface area contributed by atoms with E-state index in [1.165, 1.54) is 0 Å². The normalized spacial score (nSPS) is 19.7. The Bertz CT molecular complexity index is 599. The molecule has 6 nitrogen and oxygen atoms in total. The van der Waals surface area contributed by atoms with Gasteiger partial charge in [-0.15, -0.1) is 12.4 Å². The summed E-state index contributed by atoms with van der Waals surface area (Å²) in [5.41, 5.74) is 7.02. The van der Waals surface area contributed by atoms with Crippen molar-refractivity contribution >= 4 is 18.3 Å². The number of carbonyl (C=O) groups is 1. The van der Waals surface area contributed by atoms with Crippen LogP contribution in [0.1, 0.15) is 25.8 Å². The van der Waals surface area contributed by atoms with Gasteiger partial charge in [0.25, 0.3) is 0 Å². The molecule has 1 aliphatic heterocycles. The summed E-state index contributed by atoms with van der Waals surface area (Å²) in [6, 6.07) is 5.77. The van der Waals surface area contributed by atoms with E-state index in [0.29, 0.717) is 37.7 Å². The first-order valence-electron chi connectivity index (χ1n) is 8.85. The minimum Gasteiger partial charge on any atom is -0.493 e. The van der Waals surface area contributed by atoms with Gasteiger partial charge in [0.1, 0.15) is 0 Å². The van der Waals surface area contributed by atoms with Crippen molar-refractivity contribution in [1.82, 2.24) is 9.80 Å². The molecule has 7 heteroatoms. The molecule has 1 atom stereocenters. The van der Waals surface area contributed by atoms with Crippen LogP contribution in [0.25, 0.3) is 0 Å². The van der Waals surface area contributed by atoms with E-state index in [-0.39, 0.29) is 23.7 Å². The average Bonchev–Trinajstić information content (AvgIpc) is 3.00. The first kappa shape index (κ1) is 22.5. The molecular weight excluding hydrogens is 354 g/mol. The van der Waals surface area contributed by atoms with E-state index in [0.717, 1.165) is 25.1 Å². The number of halogens is 1. The first-order chi connectivity index (χ1) is 11.9. The van der Waals surface area contributed by atoms with Crippen molar-refractivity contribution in [3.8, 4) is 11.5 Å². The molecule has 1 heterocycles. The van der Waals surface area contributed by atoms with Crippen LogP contribution in [-0.2, 0) is 11.3 Å². The van der Waals surface area contributed by atoms with Gasteiger partial charge in [0.15, 0.2) is 11.5 Å². The summed E-state index contributed by atoms with van der Waals surface area (Å²) in [4.78, 5) is 16.8. The van der Waals surface area contributed by atoms with Crippen LogP contribution in [0.3, 0.4) is 0 Å². The highest BCUT2D eigenvalue weighted by molar-refractivity contribution is 5.85. The SMILES string of the molecule is CCN(Cc1ccc(OC)c(OC)c1)C(=O)CN1CCC(C)(CN)C1.Cl. The number of nitrogens with zero attached hydrogens (tertiary/aromatic N) is 2. The molecule has 26 heavy (non-hydrogen) atoms. The van der Waals surface area contributed by atoms with Crippen LogP contribution >= 0.6 is 12.4 Å². The van der Waals surface area contributed by atoms with Gasteiger partial charge in [0, 0.05) is 19.6 Å². The predicted octanol–water partition coefficient (Wildman–Crippen LogP) is 2.14. The number of benzene rings is 1. The summed E-state index contributed by atoms with van der Waals surface area (Å²) in [7, 11) is 3.23. The lowest BCUT2D eigenvalue weighted by atomic mass is 9.90. The van der Waals surface area contributed by atoms with Gasteiger partial charge in [0.05, 0.1) is 20.8 Å². The second-order valence-corrected chi connectivity index (χ2v) is 7.07. The predicted molar refractivity (Wildman–Crippen MR) is 106 cm³/mol. The van der Waals surface area contributed by atoms with Gasteiger partial charge >= 0.3 is 0 Å². The molecule has 1 aliphatic rings. The van der Waals surface area contributed by atoms with Gasteiger partial charge in [-0.3, -0.25) is 9.69 Å². The van der Waals surface area contributed by atoms with Crippen LogP contribution in [0.5, 0.6) is 11.5 Å². The molecule has 0 saturated carbocycles.